The van der Waals surface area contributed by atoms with Crippen LogP contribution in [0.25, 0.3) is 0 Å². The van der Waals surface area contributed by atoms with Crippen molar-refractivity contribution in [1.29, 1.82) is 0 Å². The Labute approximate surface area is 97.4 Å². The molecule has 0 N–H and O–H groups in total. The van der Waals surface area contributed by atoms with Crippen molar-refractivity contribution in [3.8, 4) is 0 Å². The molecule has 0 aromatic carbocycles. The van der Waals surface area contributed by atoms with Crippen LogP contribution in [0.2, 0.25) is 0 Å². The number of alkyl halides is 1. The van der Waals surface area contributed by atoms with Gasteiger partial charge in [0.25, 0.3) is 0 Å². The fourth-order valence-electron chi connectivity index (χ4n) is 3.26. The minimum atomic E-state index is -0.564. The molecule has 2 aliphatic rings. The molecule has 0 aromatic rings. The number of fused-ring (bicyclic) bond motifs is 2. The maximum Gasteiger partial charge on any atom is 0.190 e. The second-order valence-electron chi connectivity index (χ2n) is 5.32. The Bertz CT molecular complexity index is 353. The van der Waals surface area contributed by atoms with E-state index in [2.05, 4.69) is 41.8 Å². The summed E-state index contributed by atoms with van der Waals surface area (Å²) < 4.78 is 0. The Morgan fingerprint density at radius 1 is 1.53 bits per heavy atom. The molecule has 2 fully saturated rings. The lowest BCUT2D eigenvalue weighted by atomic mass is 9.70. The van der Waals surface area contributed by atoms with E-state index in [-0.39, 0.29) is 15.7 Å². The van der Waals surface area contributed by atoms with Gasteiger partial charge in [-0.2, -0.15) is 0 Å². The van der Waals surface area contributed by atoms with E-state index in [9.17, 15) is 10.1 Å². The molecule has 0 saturated heterocycles. The van der Waals surface area contributed by atoms with Crippen molar-refractivity contribution in [2.45, 2.75) is 38.4 Å². The van der Waals surface area contributed by atoms with E-state index in [1.165, 1.54) is 0 Å². The van der Waals surface area contributed by atoms with Crippen LogP contribution in [0.1, 0.15) is 33.6 Å². The van der Waals surface area contributed by atoms with Gasteiger partial charge in [-0.1, -0.05) is 36.7 Å². The van der Waals surface area contributed by atoms with E-state index in [1.54, 1.807) is 0 Å². The van der Waals surface area contributed by atoms with Gasteiger partial charge in [0, 0.05) is 5.41 Å². The minimum absolute atomic E-state index is 0.0802. The van der Waals surface area contributed by atoms with Crippen LogP contribution in [0.5, 0.6) is 0 Å². The first kappa shape index (κ1) is 11.0. The summed E-state index contributed by atoms with van der Waals surface area (Å²) in [5.41, 5.74) is 0.725. The molecular weight excluding hydrogens is 260 g/mol. The van der Waals surface area contributed by atoms with E-state index in [1.807, 2.05) is 0 Å². The van der Waals surface area contributed by atoms with E-state index < -0.39 is 5.03 Å². The van der Waals surface area contributed by atoms with Crippen molar-refractivity contribution in [3.63, 3.8) is 0 Å². The van der Waals surface area contributed by atoms with Gasteiger partial charge in [-0.25, -0.2) is 10.1 Å². The maximum atomic E-state index is 10.5. The van der Waals surface area contributed by atoms with Gasteiger partial charge >= 0.3 is 0 Å². The first-order valence-corrected chi connectivity index (χ1v) is 6.10. The fourth-order valence-corrected chi connectivity index (χ4v) is 4.78. The number of nitro groups is 1. The first-order valence-electron chi connectivity index (χ1n) is 5.18. The van der Waals surface area contributed by atoms with Gasteiger partial charge in [-0.3, -0.25) is 0 Å². The van der Waals surface area contributed by atoms with Crippen LogP contribution >= 0.6 is 15.9 Å². The molecule has 84 valence electrons. The molecule has 0 radical (unpaired) electrons. The summed E-state index contributed by atoms with van der Waals surface area (Å²) in [5.74, 6) is 0.473. The summed E-state index contributed by atoms with van der Waals surface area (Å²) in [5, 5.41) is 13.6. The van der Waals surface area contributed by atoms with E-state index in [0.717, 1.165) is 18.6 Å². The predicted octanol–water partition coefficient (Wildman–Crippen LogP) is 2.84. The van der Waals surface area contributed by atoms with E-state index >= 15 is 0 Å². The normalized spacial score (nSPS) is 44.9. The van der Waals surface area contributed by atoms with Gasteiger partial charge in [0.15, 0.2) is 5.03 Å². The van der Waals surface area contributed by atoms with Crippen molar-refractivity contribution >= 4 is 21.6 Å². The zero-order chi connectivity index (χ0) is 11.4. The number of hydrogen-bond donors (Lipinski definition) is 0. The number of nitrogens with zero attached hydrogens (tertiary/aromatic N) is 2. The van der Waals surface area contributed by atoms with Crippen molar-refractivity contribution in [2.24, 2.45) is 21.8 Å². The second-order valence-corrected chi connectivity index (χ2v) is 6.31. The number of hydrazone groups is 1. The summed E-state index contributed by atoms with van der Waals surface area (Å²) in [6, 6.07) is 0. The van der Waals surface area contributed by atoms with Crippen LogP contribution in [0.3, 0.4) is 0 Å². The van der Waals surface area contributed by atoms with Crippen LogP contribution < -0.4 is 0 Å². The van der Waals surface area contributed by atoms with Gasteiger partial charge < -0.3 is 0 Å². The Morgan fingerprint density at radius 2 is 2.13 bits per heavy atom. The molecule has 4 nitrogen and oxygen atoms in total. The average Bonchev–Trinajstić information content (AvgIpc) is 2.39. The molecule has 0 aliphatic heterocycles. The molecule has 5 heteroatoms. The Kier molecular flexibility index (Phi) is 2.23. The molecule has 3 atom stereocenters. The van der Waals surface area contributed by atoms with E-state index in [4.69, 9.17) is 0 Å². The molecular formula is C10H15BrN2O2. The van der Waals surface area contributed by atoms with Gasteiger partial charge in [-0.15, -0.1) is 0 Å². The molecule has 0 amide bonds. The summed E-state index contributed by atoms with van der Waals surface area (Å²) in [4.78, 5) is 10.6. The Balaban J connectivity index is 2.50. The highest BCUT2D eigenvalue weighted by atomic mass is 79.9. The highest BCUT2D eigenvalue weighted by molar-refractivity contribution is 9.10. The standard InChI is InChI=1S/C10H15BrN2O2/c1-9(2)6-4-5-10(9,3)8(7(6)11)12-13(14)15/h6-7H,4-5H2,1-3H3/b12-8+. The lowest BCUT2D eigenvalue weighted by molar-refractivity contribution is -0.485. The molecule has 15 heavy (non-hydrogen) atoms. The van der Waals surface area contributed by atoms with Crippen molar-refractivity contribution in [2.75, 3.05) is 0 Å². The van der Waals surface area contributed by atoms with Gasteiger partial charge in [0.1, 0.15) is 5.71 Å². The van der Waals surface area contributed by atoms with Gasteiger partial charge in [0.05, 0.1) is 9.93 Å². The Hall–Kier alpha value is -0.450. The smallest absolute Gasteiger partial charge is 0.190 e. The largest absolute Gasteiger partial charge is 0.233 e. The molecule has 3 unspecified atom stereocenters. The second kappa shape index (κ2) is 3.03. The molecule has 2 rings (SSSR count). The predicted molar refractivity (Wildman–Crippen MR) is 61.8 cm³/mol. The van der Waals surface area contributed by atoms with Gasteiger partial charge in [0.2, 0.25) is 0 Å². The zero-order valence-electron chi connectivity index (χ0n) is 9.16. The van der Waals surface area contributed by atoms with Crippen LogP contribution in [-0.4, -0.2) is 15.6 Å². The van der Waals surface area contributed by atoms with Gasteiger partial charge in [-0.05, 0) is 24.2 Å². The van der Waals surface area contributed by atoms with Crippen molar-refractivity contribution < 1.29 is 5.03 Å². The van der Waals surface area contributed by atoms with Crippen molar-refractivity contribution in [1.82, 2.24) is 0 Å². The third kappa shape index (κ3) is 1.22. The highest BCUT2D eigenvalue weighted by Crippen LogP contribution is 2.65. The lowest BCUT2D eigenvalue weighted by Gasteiger charge is -2.33. The average molecular weight is 275 g/mol. The van der Waals surface area contributed by atoms with Crippen LogP contribution in [0.4, 0.5) is 0 Å². The molecule has 0 aromatic heterocycles. The maximum absolute atomic E-state index is 10.5. The number of rotatable bonds is 1. The Morgan fingerprint density at radius 3 is 2.53 bits per heavy atom. The zero-order valence-corrected chi connectivity index (χ0v) is 10.7. The first-order chi connectivity index (χ1) is 6.80. The van der Waals surface area contributed by atoms with Crippen LogP contribution in [-0.2, 0) is 0 Å². The minimum Gasteiger partial charge on any atom is -0.233 e. The molecule has 2 bridgehead atoms. The third-order valence-corrected chi connectivity index (χ3v) is 5.75. The highest BCUT2D eigenvalue weighted by Gasteiger charge is 2.65. The molecule has 2 saturated carbocycles. The molecule has 0 heterocycles. The molecule has 2 aliphatic carbocycles. The summed E-state index contributed by atoms with van der Waals surface area (Å²) >= 11 is 3.57. The monoisotopic (exact) mass is 274 g/mol. The van der Waals surface area contributed by atoms with Crippen LogP contribution in [0, 0.1) is 26.9 Å². The van der Waals surface area contributed by atoms with Crippen molar-refractivity contribution in [3.05, 3.63) is 10.1 Å². The van der Waals surface area contributed by atoms with E-state index in [0.29, 0.717) is 5.92 Å². The summed E-state index contributed by atoms with van der Waals surface area (Å²) in [7, 11) is 0. The van der Waals surface area contributed by atoms with Crippen LogP contribution in [0.15, 0.2) is 5.10 Å². The quantitative estimate of drug-likeness (QED) is 0.419. The number of hydrogen-bond acceptors (Lipinski definition) is 2. The fraction of sp³-hybridized carbons (Fsp3) is 0.900. The number of halogens is 1. The lowest BCUT2D eigenvalue weighted by Crippen LogP contribution is -2.34. The topological polar surface area (TPSA) is 55.5 Å². The third-order valence-electron chi connectivity index (χ3n) is 4.67. The molecule has 0 spiro atoms. The summed E-state index contributed by atoms with van der Waals surface area (Å²) in [6.45, 7) is 6.50. The SMILES string of the molecule is CC12CCC(C(Br)/C1=N\[N+](=O)[O-])C2(C)C. The summed E-state index contributed by atoms with van der Waals surface area (Å²) in [6.07, 6.45) is 2.15.